The van der Waals surface area contributed by atoms with Gasteiger partial charge in [0.2, 0.25) is 5.91 Å². The van der Waals surface area contributed by atoms with Crippen LogP contribution in [0.5, 0.6) is 11.5 Å². The van der Waals surface area contributed by atoms with Crippen molar-refractivity contribution in [2.45, 2.75) is 33.2 Å². The van der Waals surface area contributed by atoms with E-state index in [1.54, 1.807) is 12.1 Å². The lowest BCUT2D eigenvalue weighted by atomic mass is 9.88. The molecule has 0 spiro atoms. The Morgan fingerprint density at radius 1 is 1.25 bits per heavy atom. The maximum absolute atomic E-state index is 12.7. The molecular formula is C17H27N3O4. The predicted molar refractivity (Wildman–Crippen MR) is 93.6 cm³/mol. The summed E-state index contributed by atoms with van der Waals surface area (Å²) in [6.07, 6.45) is 0. The number of methoxy groups -OCH3 is 2. The van der Waals surface area contributed by atoms with E-state index < -0.39 is 5.54 Å². The molecule has 0 aromatic heterocycles. The van der Waals surface area contributed by atoms with Crippen molar-refractivity contribution in [1.82, 2.24) is 5.32 Å². The molecule has 1 aromatic carbocycles. The lowest BCUT2D eigenvalue weighted by Gasteiger charge is -2.33. The normalized spacial score (nSPS) is 13.2. The molecule has 1 atom stereocenters. The fourth-order valence-corrected chi connectivity index (χ4v) is 2.14. The third kappa shape index (κ3) is 4.38. The van der Waals surface area contributed by atoms with Crippen molar-refractivity contribution in [3.05, 3.63) is 17.7 Å². The highest BCUT2D eigenvalue weighted by Crippen LogP contribution is 2.36. The van der Waals surface area contributed by atoms with Gasteiger partial charge in [-0.1, -0.05) is 13.8 Å². The number of ether oxygens (including phenoxy) is 2. The number of carbonyl (C=O) groups excluding carboxylic acids is 2. The molecule has 2 amide bonds. The number of hydrogen-bond acceptors (Lipinski definition) is 5. The Hall–Kier alpha value is -2.28. The third-order valence-electron chi connectivity index (χ3n) is 4.15. The molecule has 1 rings (SSSR count). The molecule has 0 saturated heterocycles. The Balaban J connectivity index is 3.28. The topological polar surface area (TPSA) is 103 Å². The summed E-state index contributed by atoms with van der Waals surface area (Å²) in [4.78, 5) is 24.1. The number of nitrogens with two attached hydrogens (primary N) is 1. The lowest BCUT2D eigenvalue weighted by molar-refractivity contribution is -0.114. The number of hydrogen-bond donors (Lipinski definition) is 3. The summed E-state index contributed by atoms with van der Waals surface area (Å²) in [6, 6.07) is 3.12. The average Bonchev–Trinajstić information content (AvgIpc) is 2.52. The SMILES string of the molecule is COc1cc(C(=O)NC(C)(CN)C(C)C)cc(NC(C)=O)c1OC. The molecule has 4 N–H and O–H groups in total. The first kappa shape index (κ1) is 19.8. The second-order valence-corrected chi connectivity index (χ2v) is 6.17. The number of anilines is 1. The highest BCUT2D eigenvalue weighted by Gasteiger charge is 2.29. The zero-order valence-electron chi connectivity index (χ0n) is 15.1. The third-order valence-corrected chi connectivity index (χ3v) is 4.15. The monoisotopic (exact) mass is 337 g/mol. The molecule has 1 aromatic rings. The van der Waals surface area contributed by atoms with E-state index >= 15 is 0 Å². The van der Waals surface area contributed by atoms with Gasteiger partial charge in [-0.05, 0) is 25.0 Å². The second-order valence-electron chi connectivity index (χ2n) is 6.17. The lowest BCUT2D eigenvalue weighted by Crippen LogP contribution is -2.55. The van der Waals surface area contributed by atoms with E-state index in [2.05, 4.69) is 10.6 Å². The van der Waals surface area contributed by atoms with Crippen molar-refractivity contribution in [2.75, 3.05) is 26.1 Å². The zero-order valence-corrected chi connectivity index (χ0v) is 15.1. The van der Waals surface area contributed by atoms with Crippen LogP contribution in [0.1, 0.15) is 38.1 Å². The van der Waals surface area contributed by atoms with Crippen LogP contribution in [0.15, 0.2) is 12.1 Å². The Morgan fingerprint density at radius 3 is 2.29 bits per heavy atom. The van der Waals surface area contributed by atoms with E-state index in [0.29, 0.717) is 29.3 Å². The Bertz CT molecular complexity index is 616. The average molecular weight is 337 g/mol. The Labute approximate surface area is 142 Å². The van der Waals surface area contributed by atoms with Gasteiger partial charge in [0, 0.05) is 19.0 Å². The van der Waals surface area contributed by atoms with Crippen LogP contribution in [-0.4, -0.2) is 38.1 Å². The van der Waals surface area contributed by atoms with E-state index in [9.17, 15) is 9.59 Å². The van der Waals surface area contributed by atoms with Crippen molar-refractivity contribution < 1.29 is 19.1 Å². The summed E-state index contributed by atoms with van der Waals surface area (Å²) in [5.74, 6) is 0.287. The van der Waals surface area contributed by atoms with Gasteiger partial charge in [-0.3, -0.25) is 9.59 Å². The molecule has 0 radical (unpaired) electrons. The molecule has 1 unspecified atom stereocenters. The van der Waals surface area contributed by atoms with E-state index in [1.807, 2.05) is 20.8 Å². The molecule has 0 bridgehead atoms. The summed E-state index contributed by atoms with van der Waals surface area (Å²) in [6.45, 7) is 7.56. The predicted octanol–water partition coefficient (Wildman–Crippen LogP) is 1.77. The summed E-state index contributed by atoms with van der Waals surface area (Å²) < 4.78 is 10.5. The minimum atomic E-state index is -0.543. The van der Waals surface area contributed by atoms with E-state index in [0.717, 1.165) is 0 Å². The fraction of sp³-hybridized carbons (Fsp3) is 0.529. The molecule has 0 aliphatic rings. The molecule has 0 aliphatic carbocycles. The van der Waals surface area contributed by atoms with Gasteiger partial charge < -0.3 is 25.8 Å². The molecule has 24 heavy (non-hydrogen) atoms. The molecule has 0 fully saturated rings. The molecule has 7 nitrogen and oxygen atoms in total. The number of nitrogens with one attached hydrogen (secondary N) is 2. The summed E-state index contributed by atoms with van der Waals surface area (Å²) >= 11 is 0. The van der Waals surface area contributed by atoms with Crippen molar-refractivity contribution in [1.29, 1.82) is 0 Å². The van der Waals surface area contributed by atoms with Gasteiger partial charge in [0.25, 0.3) is 5.91 Å². The van der Waals surface area contributed by atoms with Crippen molar-refractivity contribution in [2.24, 2.45) is 11.7 Å². The van der Waals surface area contributed by atoms with Crippen LogP contribution in [0.2, 0.25) is 0 Å². The second kappa shape index (κ2) is 8.01. The van der Waals surface area contributed by atoms with Crippen molar-refractivity contribution in [3.8, 4) is 11.5 Å². The first-order valence-electron chi connectivity index (χ1n) is 7.74. The first-order valence-corrected chi connectivity index (χ1v) is 7.74. The van der Waals surface area contributed by atoms with Crippen LogP contribution in [-0.2, 0) is 4.79 Å². The molecule has 134 valence electrons. The molecule has 0 aliphatic heterocycles. The van der Waals surface area contributed by atoms with Crippen molar-refractivity contribution in [3.63, 3.8) is 0 Å². The van der Waals surface area contributed by atoms with E-state index in [4.69, 9.17) is 15.2 Å². The van der Waals surface area contributed by atoms with Gasteiger partial charge in [0.15, 0.2) is 11.5 Å². The molecule has 0 saturated carbocycles. The molecular weight excluding hydrogens is 310 g/mol. The first-order chi connectivity index (χ1) is 11.2. The highest BCUT2D eigenvalue weighted by molar-refractivity contribution is 5.99. The number of benzene rings is 1. The number of carbonyl (C=O) groups is 2. The van der Waals surface area contributed by atoms with Gasteiger partial charge in [0.1, 0.15) is 0 Å². The summed E-state index contributed by atoms with van der Waals surface area (Å²) in [5, 5.41) is 5.60. The van der Waals surface area contributed by atoms with Gasteiger partial charge in [-0.15, -0.1) is 0 Å². The summed E-state index contributed by atoms with van der Waals surface area (Å²) in [5.41, 5.74) is 5.99. The maximum Gasteiger partial charge on any atom is 0.251 e. The highest BCUT2D eigenvalue weighted by atomic mass is 16.5. The number of amides is 2. The van der Waals surface area contributed by atoms with Crippen LogP contribution in [0, 0.1) is 5.92 Å². The summed E-state index contributed by atoms with van der Waals surface area (Å²) in [7, 11) is 2.93. The van der Waals surface area contributed by atoms with E-state index in [1.165, 1.54) is 21.1 Å². The Morgan fingerprint density at radius 2 is 1.88 bits per heavy atom. The molecule has 0 heterocycles. The number of rotatable bonds is 7. The van der Waals surface area contributed by atoms with Gasteiger partial charge in [-0.25, -0.2) is 0 Å². The largest absolute Gasteiger partial charge is 0.493 e. The van der Waals surface area contributed by atoms with Crippen LogP contribution in [0.4, 0.5) is 5.69 Å². The van der Waals surface area contributed by atoms with E-state index in [-0.39, 0.29) is 17.7 Å². The zero-order chi connectivity index (χ0) is 18.5. The standard InChI is InChI=1S/C17H27N3O4/c1-10(2)17(4,9-18)20-16(22)12-7-13(19-11(3)21)15(24-6)14(8-12)23-5/h7-8,10H,9,18H2,1-6H3,(H,19,21)(H,20,22). The van der Waals surface area contributed by atoms with Crippen LogP contribution in [0.25, 0.3) is 0 Å². The fourth-order valence-electron chi connectivity index (χ4n) is 2.14. The quantitative estimate of drug-likeness (QED) is 0.703. The molecule has 7 heteroatoms. The smallest absolute Gasteiger partial charge is 0.251 e. The maximum atomic E-state index is 12.7. The van der Waals surface area contributed by atoms with Gasteiger partial charge in [-0.2, -0.15) is 0 Å². The van der Waals surface area contributed by atoms with Gasteiger partial charge in [0.05, 0.1) is 25.4 Å². The van der Waals surface area contributed by atoms with Crippen LogP contribution < -0.4 is 25.8 Å². The van der Waals surface area contributed by atoms with Crippen LogP contribution in [0.3, 0.4) is 0 Å². The minimum absolute atomic E-state index is 0.154. The van der Waals surface area contributed by atoms with Crippen molar-refractivity contribution >= 4 is 17.5 Å². The Kier molecular flexibility index (Phi) is 6.60. The van der Waals surface area contributed by atoms with Gasteiger partial charge >= 0.3 is 0 Å². The van der Waals surface area contributed by atoms with Crippen LogP contribution >= 0.6 is 0 Å². The minimum Gasteiger partial charge on any atom is -0.493 e.